The van der Waals surface area contributed by atoms with Crippen LogP contribution in [-0.4, -0.2) is 44.3 Å². The smallest absolute Gasteiger partial charge is 0.269 e. The van der Waals surface area contributed by atoms with Crippen LogP contribution in [0.5, 0.6) is 0 Å². The zero-order valence-corrected chi connectivity index (χ0v) is 16.7. The zero-order valence-electron chi connectivity index (χ0n) is 15.9. The molecule has 0 aromatic carbocycles. The van der Waals surface area contributed by atoms with Gasteiger partial charge in [-0.3, -0.25) is 9.89 Å². The Morgan fingerprint density at radius 3 is 2.83 bits per heavy atom. The van der Waals surface area contributed by atoms with Crippen LogP contribution in [0.2, 0.25) is 0 Å². The molecule has 29 heavy (non-hydrogen) atoms. The van der Waals surface area contributed by atoms with Crippen LogP contribution in [0.1, 0.15) is 21.1 Å². The van der Waals surface area contributed by atoms with Gasteiger partial charge in [-0.15, -0.1) is 11.3 Å². The van der Waals surface area contributed by atoms with E-state index in [1.807, 2.05) is 19.1 Å². The number of nitrogens with zero attached hydrogens (tertiary/aromatic N) is 4. The summed E-state index contributed by atoms with van der Waals surface area (Å²) in [5, 5.41) is 16.3. The minimum absolute atomic E-state index is 0.212. The molecule has 0 aliphatic carbocycles. The molecule has 4 aromatic rings. The first kappa shape index (κ1) is 18.8. The molecule has 0 aliphatic rings. The van der Waals surface area contributed by atoms with Crippen LogP contribution >= 0.6 is 11.3 Å². The Morgan fingerprint density at radius 1 is 1.24 bits per heavy atom. The summed E-state index contributed by atoms with van der Waals surface area (Å²) in [6.07, 6.45) is 3.26. The number of anilines is 1. The highest BCUT2D eigenvalue weighted by atomic mass is 32.1. The summed E-state index contributed by atoms with van der Waals surface area (Å²) in [7, 11) is 0. The first-order valence-corrected chi connectivity index (χ1v) is 9.81. The fraction of sp³-hybridized carbons (Fsp3) is 0.211. The van der Waals surface area contributed by atoms with Gasteiger partial charge in [0.25, 0.3) is 5.91 Å². The van der Waals surface area contributed by atoms with Gasteiger partial charge < -0.3 is 15.2 Å². The Morgan fingerprint density at radius 2 is 2.14 bits per heavy atom. The fourth-order valence-corrected chi connectivity index (χ4v) is 3.59. The van der Waals surface area contributed by atoms with Gasteiger partial charge in [-0.1, -0.05) is 5.16 Å². The number of carbonyl (C=O) groups excluding carboxylic acids is 1. The monoisotopic (exact) mass is 409 g/mol. The molecule has 148 valence electrons. The molecule has 0 spiro atoms. The van der Waals surface area contributed by atoms with Crippen molar-refractivity contribution in [2.45, 2.75) is 13.8 Å². The molecule has 3 N–H and O–H groups in total. The molecule has 0 saturated heterocycles. The van der Waals surface area contributed by atoms with Gasteiger partial charge in [-0.2, -0.15) is 5.10 Å². The average molecular weight is 409 g/mol. The highest BCUT2D eigenvalue weighted by Gasteiger charge is 2.16. The fourth-order valence-electron chi connectivity index (χ4n) is 2.72. The third-order valence-corrected chi connectivity index (χ3v) is 5.10. The number of H-pyrrole nitrogens is 1. The Labute approximate surface area is 170 Å². The maximum Gasteiger partial charge on any atom is 0.269 e. The molecule has 0 radical (unpaired) electrons. The van der Waals surface area contributed by atoms with Crippen molar-refractivity contribution < 1.29 is 9.32 Å². The Kier molecular flexibility index (Phi) is 5.34. The van der Waals surface area contributed by atoms with Gasteiger partial charge in [0.05, 0.1) is 21.8 Å². The normalized spacial score (nSPS) is 10.8. The number of rotatable bonds is 7. The first-order chi connectivity index (χ1) is 14.1. The number of carbonyl (C=O) groups is 1. The molecular formula is C19H19N7O2S. The third kappa shape index (κ3) is 4.32. The lowest BCUT2D eigenvalue weighted by Crippen LogP contribution is -2.29. The van der Waals surface area contributed by atoms with Crippen molar-refractivity contribution in [3.05, 3.63) is 52.9 Å². The second kappa shape index (κ2) is 8.23. The summed E-state index contributed by atoms with van der Waals surface area (Å²) < 4.78 is 5.42. The van der Waals surface area contributed by atoms with Gasteiger partial charge in [-0.25, -0.2) is 9.97 Å². The van der Waals surface area contributed by atoms with Crippen molar-refractivity contribution in [3.63, 3.8) is 0 Å². The van der Waals surface area contributed by atoms with Crippen molar-refractivity contribution >= 4 is 23.2 Å². The molecule has 0 fully saturated rings. The van der Waals surface area contributed by atoms with Crippen molar-refractivity contribution in [2.75, 3.05) is 18.4 Å². The van der Waals surface area contributed by atoms with E-state index in [0.717, 1.165) is 21.8 Å². The molecule has 10 heteroatoms. The Balaban J connectivity index is 1.49. The second-order valence-electron chi connectivity index (χ2n) is 6.35. The van der Waals surface area contributed by atoms with E-state index in [4.69, 9.17) is 4.52 Å². The number of hydrogen-bond acceptors (Lipinski definition) is 8. The summed E-state index contributed by atoms with van der Waals surface area (Å²) in [5.41, 5.74) is 2.77. The minimum Gasteiger partial charge on any atom is -0.356 e. The van der Waals surface area contributed by atoms with Gasteiger partial charge in [0.1, 0.15) is 5.69 Å². The third-order valence-electron chi connectivity index (χ3n) is 4.09. The molecule has 9 nitrogen and oxygen atoms in total. The topological polar surface area (TPSA) is 122 Å². The summed E-state index contributed by atoms with van der Waals surface area (Å²) in [5.74, 6) is 0.889. The largest absolute Gasteiger partial charge is 0.356 e. The number of thiophene rings is 1. The molecule has 4 rings (SSSR count). The standard InChI is InChI=1S/C19H19N7O2S/c1-11-9-15(28-26-11)13-10-22-19(24-17(13)16-4-3-12(2)29-16)21-8-7-20-18(27)14-5-6-23-25-14/h3-6,9-10H,7-8H2,1-2H3,(H,20,27)(H,23,25)(H,21,22,24). The van der Waals surface area contributed by atoms with Crippen LogP contribution in [0.4, 0.5) is 5.95 Å². The maximum absolute atomic E-state index is 11.9. The van der Waals surface area contributed by atoms with E-state index in [1.165, 1.54) is 11.1 Å². The van der Waals surface area contributed by atoms with E-state index < -0.39 is 0 Å². The molecule has 0 atom stereocenters. The van der Waals surface area contributed by atoms with Gasteiger partial charge in [-0.05, 0) is 32.0 Å². The Bertz CT molecular complexity index is 1120. The van der Waals surface area contributed by atoms with Crippen molar-refractivity contribution in [2.24, 2.45) is 0 Å². The van der Waals surface area contributed by atoms with Gasteiger partial charge >= 0.3 is 0 Å². The number of hydrogen-bond donors (Lipinski definition) is 3. The lowest BCUT2D eigenvalue weighted by atomic mass is 10.1. The van der Waals surface area contributed by atoms with Crippen LogP contribution in [0.15, 0.2) is 41.2 Å². The lowest BCUT2D eigenvalue weighted by Gasteiger charge is -2.09. The van der Waals surface area contributed by atoms with Gasteiger partial charge in [0.2, 0.25) is 5.95 Å². The molecule has 4 heterocycles. The predicted octanol–water partition coefficient (Wildman–Crippen LogP) is 3.04. The van der Waals surface area contributed by atoms with Crippen molar-refractivity contribution in [3.8, 4) is 21.9 Å². The number of nitrogens with one attached hydrogen (secondary N) is 3. The number of aromatic nitrogens is 5. The van der Waals surface area contributed by atoms with E-state index in [9.17, 15) is 4.79 Å². The summed E-state index contributed by atoms with van der Waals surface area (Å²) in [6.45, 7) is 4.81. The van der Waals surface area contributed by atoms with E-state index in [-0.39, 0.29) is 5.91 Å². The molecule has 1 amide bonds. The quantitative estimate of drug-likeness (QED) is 0.401. The molecule has 4 aromatic heterocycles. The number of aromatic amines is 1. The highest BCUT2D eigenvalue weighted by Crippen LogP contribution is 2.35. The molecule has 0 aliphatic heterocycles. The van der Waals surface area contributed by atoms with E-state index in [2.05, 4.69) is 48.9 Å². The molecule has 0 saturated carbocycles. The molecular weight excluding hydrogens is 390 g/mol. The lowest BCUT2D eigenvalue weighted by molar-refractivity contribution is 0.0950. The highest BCUT2D eigenvalue weighted by molar-refractivity contribution is 7.15. The van der Waals surface area contributed by atoms with Crippen LogP contribution in [0, 0.1) is 13.8 Å². The molecule has 0 bridgehead atoms. The van der Waals surface area contributed by atoms with Crippen LogP contribution < -0.4 is 10.6 Å². The van der Waals surface area contributed by atoms with Crippen molar-refractivity contribution in [1.82, 2.24) is 30.6 Å². The maximum atomic E-state index is 11.9. The Hall–Kier alpha value is -3.53. The predicted molar refractivity (Wildman–Crippen MR) is 110 cm³/mol. The minimum atomic E-state index is -0.212. The number of amides is 1. The van der Waals surface area contributed by atoms with Crippen molar-refractivity contribution in [1.29, 1.82) is 0 Å². The summed E-state index contributed by atoms with van der Waals surface area (Å²) in [4.78, 5) is 23.2. The van der Waals surface area contributed by atoms with Crippen LogP contribution in [0.25, 0.3) is 21.9 Å². The van der Waals surface area contributed by atoms with Crippen LogP contribution in [-0.2, 0) is 0 Å². The summed E-state index contributed by atoms with van der Waals surface area (Å²) >= 11 is 1.65. The number of aryl methyl sites for hydroxylation is 2. The summed E-state index contributed by atoms with van der Waals surface area (Å²) in [6, 6.07) is 7.56. The first-order valence-electron chi connectivity index (χ1n) is 8.99. The molecule has 0 unspecified atom stereocenters. The van der Waals surface area contributed by atoms with E-state index in [1.54, 1.807) is 23.6 Å². The second-order valence-corrected chi connectivity index (χ2v) is 7.64. The van der Waals surface area contributed by atoms with Gasteiger partial charge in [0, 0.05) is 36.4 Å². The average Bonchev–Trinajstić information content (AvgIpc) is 3.47. The van der Waals surface area contributed by atoms with E-state index in [0.29, 0.717) is 30.5 Å². The zero-order chi connectivity index (χ0) is 20.2. The van der Waals surface area contributed by atoms with E-state index >= 15 is 0 Å². The van der Waals surface area contributed by atoms with Crippen LogP contribution in [0.3, 0.4) is 0 Å². The SMILES string of the molecule is Cc1cc(-c2cnc(NCCNC(=O)c3ccn[nH]3)nc2-c2ccc(C)s2)on1. The van der Waals surface area contributed by atoms with Gasteiger partial charge in [0.15, 0.2) is 5.76 Å².